The van der Waals surface area contributed by atoms with Crippen molar-refractivity contribution >= 4 is 40.7 Å². The average Bonchev–Trinajstić information content (AvgIpc) is 2.64. The van der Waals surface area contributed by atoms with Crippen LogP contribution in [0.25, 0.3) is 0 Å². The minimum absolute atomic E-state index is 0.0647. The summed E-state index contributed by atoms with van der Waals surface area (Å²) < 4.78 is 0. The highest BCUT2D eigenvalue weighted by molar-refractivity contribution is 6.39. The van der Waals surface area contributed by atoms with Crippen molar-refractivity contribution in [3.05, 3.63) is 63.6 Å². The fraction of sp³-hybridized carbons (Fsp3) is 0.300. The Bertz CT molecular complexity index is 837. The summed E-state index contributed by atoms with van der Waals surface area (Å²) in [4.78, 5) is 28.3. The third kappa shape index (κ3) is 5.01. The quantitative estimate of drug-likeness (QED) is 0.828. The number of fused-ring (bicyclic) bond motifs is 1. The van der Waals surface area contributed by atoms with Crippen LogP contribution in [0.5, 0.6) is 0 Å². The predicted molar refractivity (Wildman–Crippen MR) is 108 cm³/mol. The van der Waals surface area contributed by atoms with Crippen molar-refractivity contribution in [3.8, 4) is 0 Å². The molecule has 0 saturated carbocycles. The Balaban J connectivity index is 1.53. The highest BCUT2D eigenvalue weighted by atomic mass is 35.5. The number of para-hydroxylation sites is 1. The van der Waals surface area contributed by atoms with E-state index in [1.165, 1.54) is 16.0 Å². The Morgan fingerprint density at radius 3 is 2.44 bits per heavy atom. The van der Waals surface area contributed by atoms with Crippen LogP contribution in [0.1, 0.15) is 11.1 Å². The van der Waals surface area contributed by atoms with Crippen LogP contribution in [0.15, 0.2) is 42.5 Å². The van der Waals surface area contributed by atoms with E-state index in [4.69, 9.17) is 23.2 Å². The number of hydrogen-bond donors (Lipinski definition) is 1. The summed E-state index contributed by atoms with van der Waals surface area (Å²) in [6, 6.07) is 13.3. The van der Waals surface area contributed by atoms with E-state index in [2.05, 4.69) is 22.3 Å². The Kier molecular flexibility index (Phi) is 6.37. The van der Waals surface area contributed by atoms with Gasteiger partial charge in [0.15, 0.2) is 0 Å². The predicted octanol–water partition coefficient (Wildman–Crippen LogP) is 3.45. The highest BCUT2D eigenvalue weighted by Gasteiger charge is 2.21. The van der Waals surface area contributed by atoms with Crippen molar-refractivity contribution in [3.63, 3.8) is 0 Å². The molecule has 0 atom stereocenters. The summed E-state index contributed by atoms with van der Waals surface area (Å²) in [5, 5.41) is 3.39. The molecule has 0 spiro atoms. The Morgan fingerprint density at radius 1 is 1.07 bits per heavy atom. The molecule has 0 saturated heterocycles. The van der Waals surface area contributed by atoms with E-state index in [1.807, 2.05) is 12.1 Å². The van der Waals surface area contributed by atoms with Crippen molar-refractivity contribution < 1.29 is 9.59 Å². The first-order valence-electron chi connectivity index (χ1n) is 8.71. The molecule has 7 heteroatoms. The van der Waals surface area contributed by atoms with E-state index in [0.717, 1.165) is 19.5 Å². The van der Waals surface area contributed by atoms with Crippen LogP contribution in [-0.2, 0) is 22.6 Å². The van der Waals surface area contributed by atoms with E-state index >= 15 is 0 Å². The Labute approximate surface area is 168 Å². The maximum absolute atomic E-state index is 12.5. The molecule has 0 aliphatic carbocycles. The lowest BCUT2D eigenvalue weighted by molar-refractivity contribution is -0.134. The largest absolute Gasteiger partial charge is 0.335 e. The molecule has 27 heavy (non-hydrogen) atoms. The molecule has 2 aromatic rings. The third-order valence-corrected chi connectivity index (χ3v) is 5.23. The van der Waals surface area contributed by atoms with Gasteiger partial charge in [0.05, 0.1) is 28.8 Å². The van der Waals surface area contributed by atoms with Crippen LogP contribution in [0.3, 0.4) is 0 Å². The van der Waals surface area contributed by atoms with Gasteiger partial charge in [0.25, 0.3) is 0 Å². The molecule has 3 rings (SSSR count). The van der Waals surface area contributed by atoms with Gasteiger partial charge in [-0.2, -0.15) is 0 Å². The lowest BCUT2D eigenvalue weighted by Gasteiger charge is -2.29. The van der Waals surface area contributed by atoms with Gasteiger partial charge in [0.1, 0.15) is 0 Å². The third-order valence-electron chi connectivity index (χ3n) is 4.60. The van der Waals surface area contributed by atoms with Crippen molar-refractivity contribution in [2.75, 3.05) is 32.0 Å². The van der Waals surface area contributed by atoms with Gasteiger partial charge in [-0.1, -0.05) is 53.5 Å². The molecule has 5 nitrogen and oxygen atoms in total. The molecule has 0 bridgehead atoms. The normalized spacial score (nSPS) is 13.7. The van der Waals surface area contributed by atoms with Crippen LogP contribution in [0.2, 0.25) is 10.0 Å². The molecule has 0 radical (unpaired) electrons. The zero-order valence-corrected chi connectivity index (χ0v) is 16.6. The van der Waals surface area contributed by atoms with Crippen molar-refractivity contribution in [2.24, 2.45) is 0 Å². The van der Waals surface area contributed by atoms with Crippen LogP contribution >= 0.6 is 23.2 Å². The number of hydrogen-bond acceptors (Lipinski definition) is 3. The number of carbonyl (C=O) groups is 2. The summed E-state index contributed by atoms with van der Waals surface area (Å²) in [5.41, 5.74) is 2.95. The first-order chi connectivity index (χ1) is 12.9. The monoisotopic (exact) mass is 405 g/mol. The summed E-state index contributed by atoms with van der Waals surface area (Å²) in [7, 11) is 1.62. The zero-order chi connectivity index (χ0) is 19.4. The van der Waals surface area contributed by atoms with Gasteiger partial charge < -0.3 is 10.2 Å². The summed E-state index contributed by atoms with van der Waals surface area (Å²) in [6.45, 7) is 1.80. The van der Waals surface area contributed by atoms with Gasteiger partial charge in [-0.25, -0.2) is 0 Å². The number of rotatable bonds is 5. The maximum Gasteiger partial charge on any atom is 0.244 e. The minimum Gasteiger partial charge on any atom is -0.335 e. The number of nitrogens with zero attached hydrogens (tertiary/aromatic N) is 2. The second-order valence-corrected chi connectivity index (χ2v) is 7.44. The molecular formula is C20H21Cl2N3O2. The van der Waals surface area contributed by atoms with Crippen LogP contribution in [-0.4, -0.2) is 48.3 Å². The number of likely N-dealkylation sites (N-methyl/N-ethyl adjacent to an activating group) is 1. The summed E-state index contributed by atoms with van der Waals surface area (Å²) in [6.07, 6.45) is 0.929. The fourth-order valence-electron chi connectivity index (χ4n) is 3.10. The van der Waals surface area contributed by atoms with Crippen LogP contribution in [0.4, 0.5) is 5.69 Å². The standard InChI is InChI=1S/C20H21Cl2N3O2/c1-24(12-18(26)23-20-16(21)7-4-8-17(20)22)19(27)13-25-10-9-14-5-2-3-6-15(14)11-25/h2-8H,9-13H2,1H3,(H,23,26). The molecule has 2 aromatic carbocycles. The van der Waals surface area contributed by atoms with Crippen LogP contribution < -0.4 is 5.32 Å². The second-order valence-electron chi connectivity index (χ2n) is 6.62. The van der Waals surface area contributed by atoms with Crippen LogP contribution in [0, 0.1) is 0 Å². The van der Waals surface area contributed by atoms with Gasteiger partial charge in [0, 0.05) is 20.1 Å². The number of amides is 2. The number of anilines is 1. The van der Waals surface area contributed by atoms with Crippen molar-refractivity contribution in [1.29, 1.82) is 0 Å². The molecular weight excluding hydrogens is 385 g/mol. The fourth-order valence-corrected chi connectivity index (χ4v) is 3.59. The molecule has 1 N–H and O–H groups in total. The molecule has 1 aliphatic heterocycles. The molecule has 2 amide bonds. The lowest BCUT2D eigenvalue weighted by Crippen LogP contribution is -2.43. The molecule has 1 heterocycles. The SMILES string of the molecule is CN(CC(=O)Nc1c(Cl)cccc1Cl)C(=O)CN1CCc2ccccc2C1. The second kappa shape index (κ2) is 8.74. The number of nitrogens with one attached hydrogen (secondary N) is 1. The van der Waals surface area contributed by atoms with Gasteiger partial charge in [-0.3, -0.25) is 14.5 Å². The number of carbonyl (C=O) groups excluding carboxylic acids is 2. The zero-order valence-electron chi connectivity index (χ0n) is 15.0. The molecule has 142 valence electrons. The van der Waals surface area contributed by atoms with Gasteiger partial charge >= 0.3 is 0 Å². The lowest BCUT2D eigenvalue weighted by atomic mass is 10.00. The van der Waals surface area contributed by atoms with Crippen molar-refractivity contribution in [2.45, 2.75) is 13.0 Å². The summed E-state index contributed by atoms with van der Waals surface area (Å²) in [5.74, 6) is -0.445. The smallest absolute Gasteiger partial charge is 0.244 e. The Morgan fingerprint density at radius 2 is 1.74 bits per heavy atom. The van der Waals surface area contributed by atoms with Gasteiger partial charge in [-0.05, 0) is 29.7 Å². The molecule has 0 fully saturated rings. The van der Waals surface area contributed by atoms with Crippen molar-refractivity contribution in [1.82, 2.24) is 9.80 Å². The number of halogens is 2. The first kappa shape index (κ1) is 19.7. The number of benzene rings is 2. The Hall–Kier alpha value is -2.08. The maximum atomic E-state index is 12.5. The van der Waals surface area contributed by atoms with Gasteiger partial charge in [-0.15, -0.1) is 0 Å². The topological polar surface area (TPSA) is 52.7 Å². The molecule has 0 aromatic heterocycles. The van der Waals surface area contributed by atoms with E-state index < -0.39 is 0 Å². The highest BCUT2D eigenvalue weighted by Crippen LogP contribution is 2.29. The minimum atomic E-state index is -0.343. The van der Waals surface area contributed by atoms with E-state index in [-0.39, 0.29) is 24.9 Å². The van der Waals surface area contributed by atoms with E-state index in [0.29, 0.717) is 15.7 Å². The van der Waals surface area contributed by atoms with Gasteiger partial charge in [0.2, 0.25) is 11.8 Å². The summed E-state index contributed by atoms with van der Waals surface area (Å²) >= 11 is 12.1. The average molecular weight is 406 g/mol. The molecule has 0 unspecified atom stereocenters. The first-order valence-corrected chi connectivity index (χ1v) is 9.46. The van der Waals surface area contributed by atoms with E-state index in [1.54, 1.807) is 25.2 Å². The molecule has 1 aliphatic rings. The van der Waals surface area contributed by atoms with E-state index in [9.17, 15) is 9.59 Å².